The highest BCUT2D eigenvalue weighted by Gasteiger charge is 2.21. The van der Waals surface area contributed by atoms with Crippen molar-refractivity contribution in [2.75, 3.05) is 13.3 Å². The van der Waals surface area contributed by atoms with E-state index in [1.165, 1.54) is 37.6 Å². The second-order valence-corrected chi connectivity index (χ2v) is 8.31. The Labute approximate surface area is 144 Å². The van der Waals surface area contributed by atoms with Crippen molar-refractivity contribution < 1.29 is 17.4 Å². The fraction of sp³-hybridized carbons (Fsp3) is 0.188. The Balaban J connectivity index is 2.07. The highest BCUT2D eigenvalue weighted by atomic mass is 32.2. The first-order valence-electron chi connectivity index (χ1n) is 7.05. The lowest BCUT2D eigenvalue weighted by atomic mass is 10.2. The van der Waals surface area contributed by atoms with Crippen LogP contribution in [0.5, 0.6) is 0 Å². The summed E-state index contributed by atoms with van der Waals surface area (Å²) in [5, 5.41) is 0. The van der Waals surface area contributed by atoms with Crippen LogP contribution in [0.15, 0.2) is 59.5 Å². The normalized spacial score (nSPS) is 12.8. The van der Waals surface area contributed by atoms with Crippen molar-refractivity contribution in [3.63, 3.8) is 0 Å². The van der Waals surface area contributed by atoms with Gasteiger partial charge in [0.05, 0.1) is 0 Å². The van der Waals surface area contributed by atoms with Crippen molar-refractivity contribution in [2.24, 2.45) is 0 Å². The maximum absolute atomic E-state index is 12.2. The van der Waals surface area contributed by atoms with Gasteiger partial charge in [-0.1, -0.05) is 30.3 Å². The molecular formula is C16H18N2O4S2. The molecule has 0 aliphatic rings. The van der Waals surface area contributed by atoms with Gasteiger partial charge in [0.2, 0.25) is 0 Å². The van der Waals surface area contributed by atoms with Crippen LogP contribution in [-0.4, -0.2) is 36.1 Å². The van der Waals surface area contributed by atoms with E-state index in [2.05, 4.69) is 0 Å². The summed E-state index contributed by atoms with van der Waals surface area (Å²) in [5.74, 6) is -0.733. The molecule has 0 aliphatic carbocycles. The molecular weight excluding hydrogens is 348 g/mol. The molecule has 24 heavy (non-hydrogen) atoms. The maximum Gasteiger partial charge on any atom is 0.304 e. The lowest BCUT2D eigenvalue weighted by molar-refractivity contribution is 0.0979. The van der Waals surface area contributed by atoms with Crippen LogP contribution in [0.2, 0.25) is 0 Å². The summed E-state index contributed by atoms with van der Waals surface area (Å²) in [4.78, 5) is 12.7. The Morgan fingerprint density at radius 2 is 1.67 bits per heavy atom. The van der Waals surface area contributed by atoms with E-state index in [0.29, 0.717) is 4.90 Å². The van der Waals surface area contributed by atoms with Crippen molar-refractivity contribution in [3.05, 3.63) is 65.7 Å². The van der Waals surface area contributed by atoms with Crippen molar-refractivity contribution in [1.29, 1.82) is 0 Å². The molecule has 1 N–H and O–H groups in total. The Morgan fingerprint density at radius 3 is 2.21 bits per heavy atom. The molecule has 0 radical (unpaired) electrons. The first kappa shape index (κ1) is 18.3. The number of rotatable bonds is 6. The van der Waals surface area contributed by atoms with Gasteiger partial charge in [-0.25, -0.2) is 4.72 Å². The molecule has 2 aromatic rings. The molecule has 1 atom stereocenters. The minimum absolute atomic E-state index is 0.150. The summed E-state index contributed by atoms with van der Waals surface area (Å²) in [6.07, 6.45) is 1.53. The first-order chi connectivity index (χ1) is 11.3. The summed E-state index contributed by atoms with van der Waals surface area (Å²) in [7, 11) is -3.72. The molecule has 8 heteroatoms. The summed E-state index contributed by atoms with van der Waals surface area (Å²) in [6, 6.07) is 15.0. The van der Waals surface area contributed by atoms with Crippen LogP contribution in [0.3, 0.4) is 0 Å². The van der Waals surface area contributed by atoms with Crippen LogP contribution in [0.4, 0.5) is 0 Å². The van der Waals surface area contributed by atoms with Gasteiger partial charge in [-0.2, -0.15) is 12.7 Å². The number of hydrogen-bond donors (Lipinski definition) is 1. The molecule has 0 aromatic heterocycles. The predicted octanol–water partition coefficient (Wildman–Crippen LogP) is 1.53. The van der Waals surface area contributed by atoms with Crippen molar-refractivity contribution in [3.8, 4) is 0 Å². The summed E-state index contributed by atoms with van der Waals surface area (Å²) in [5.41, 5.74) is 0.994. The van der Waals surface area contributed by atoms with Crippen LogP contribution < -0.4 is 4.72 Å². The molecule has 0 aliphatic heterocycles. The molecule has 2 rings (SSSR count). The molecule has 0 fully saturated rings. The molecule has 128 valence electrons. The minimum atomic E-state index is -3.96. The molecule has 0 saturated carbocycles. The van der Waals surface area contributed by atoms with E-state index in [4.69, 9.17) is 0 Å². The highest BCUT2D eigenvalue weighted by Crippen LogP contribution is 2.10. The van der Waals surface area contributed by atoms with E-state index in [0.717, 1.165) is 9.87 Å². The van der Waals surface area contributed by atoms with Crippen molar-refractivity contribution >= 4 is 26.9 Å². The van der Waals surface area contributed by atoms with E-state index in [1.54, 1.807) is 12.1 Å². The molecule has 1 amide bonds. The highest BCUT2D eigenvalue weighted by molar-refractivity contribution is 7.87. The van der Waals surface area contributed by atoms with Gasteiger partial charge in [-0.3, -0.25) is 9.00 Å². The fourth-order valence-corrected chi connectivity index (χ4v) is 3.32. The Kier molecular flexibility index (Phi) is 5.87. The quantitative estimate of drug-likeness (QED) is 0.840. The third-order valence-electron chi connectivity index (χ3n) is 3.33. The molecule has 0 heterocycles. The number of carbonyl (C=O) groups excluding carboxylic acids is 1. The topological polar surface area (TPSA) is 83.6 Å². The molecule has 0 bridgehead atoms. The molecule has 0 spiro atoms. The van der Waals surface area contributed by atoms with Gasteiger partial charge in [0.1, 0.15) is 0 Å². The second kappa shape index (κ2) is 7.69. The smallest absolute Gasteiger partial charge is 0.268 e. The van der Waals surface area contributed by atoms with Crippen LogP contribution in [-0.2, 0) is 27.6 Å². The summed E-state index contributed by atoms with van der Waals surface area (Å²) >= 11 is 0. The Bertz CT molecular complexity index is 834. The standard InChI is InChI=1S/C16H18N2O4S2/c1-18(12-13-6-4-3-5-7-13)24(21,22)17-16(19)14-8-10-15(11-9-14)23(2)20/h3-11H,12H2,1-2H3,(H,17,19). The number of amides is 1. The number of benzene rings is 2. The summed E-state index contributed by atoms with van der Waals surface area (Å²) in [6.45, 7) is 0.150. The van der Waals surface area contributed by atoms with Crippen LogP contribution in [0, 0.1) is 0 Å². The lowest BCUT2D eigenvalue weighted by Crippen LogP contribution is -2.41. The third-order valence-corrected chi connectivity index (χ3v) is 5.66. The molecule has 1 unspecified atom stereocenters. The molecule has 2 aromatic carbocycles. The van der Waals surface area contributed by atoms with Gasteiger partial charge in [-0.15, -0.1) is 0 Å². The van der Waals surface area contributed by atoms with Gasteiger partial charge in [0.25, 0.3) is 5.91 Å². The van der Waals surface area contributed by atoms with Crippen molar-refractivity contribution in [1.82, 2.24) is 9.03 Å². The fourth-order valence-electron chi connectivity index (χ4n) is 1.98. The van der Waals surface area contributed by atoms with Gasteiger partial charge in [-0.05, 0) is 29.8 Å². The summed E-state index contributed by atoms with van der Waals surface area (Å²) < 4.78 is 38.9. The third kappa shape index (κ3) is 4.73. The van der Waals surface area contributed by atoms with E-state index in [1.807, 2.05) is 22.9 Å². The zero-order valence-corrected chi connectivity index (χ0v) is 14.9. The minimum Gasteiger partial charge on any atom is -0.268 e. The van der Waals surface area contributed by atoms with E-state index in [9.17, 15) is 17.4 Å². The van der Waals surface area contributed by atoms with Crippen LogP contribution in [0.1, 0.15) is 15.9 Å². The van der Waals surface area contributed by atoms with E-state index < -0.39 is 26.9 Å². The second-order valence-electron chi connectivity index (χ2n) is 5.16. The predicted molar refractivity (Wildman–Crippen MR) is 93.1 cm³/mol. The largest absolute Gasteiger partial charge is 0.304 e. The van der Waals surface area contributed by atoms with Crippen LogP contribution in [0.25, 0.3) is 0 Å². The van der Waals surface area contributed by atoms with E-state index >= 15 is 0 Å². The van der Waals surface area contributed by atoms with Crippen molar-refractivity contribution in [2.45, 2.75) is 11.4 Å². The molecule has 0 saturated heterocycles. The average Bonchev–Trinajstić information content (AvgIpc) is 2.55. The van der Waals surface area contributed by atoms with Gasteiger partial charge >= 0.3 is 10.2 Å². The number of nitrogens with one attached hydrogen (secondary N) is 1. The van der Waals surface area contributed by atoms with E-state index in [-0.39, 0.29) is 12.1 Å². The zero-order valence-electron chi connectivity index (χ0n) is 13.3. The monoisotopic (exact) mass is 366 g/mol. The SMILES string of the molecule is CN(Cc1ccccc1)S(=O)(=O)NC(=O)c1ccc(S(C)=O)cc1. The number of nitrogens with zero attached hydrogens (tertiary/aromatic N) is 1. The Hall–Kier alpha value is -2.03. The van der Waals surface area contributed by atoms with Gasteiger partial charge in [0, 0.05) is 41.1 Å². The lowest BCUT2D eigenvalue weighted by Gasteiger charge is -2.17. The Morgan fingerprint density at radius 1 is 1.08 bits per heavy atom. The van der Waals surface area contributed by atoms with Gasteiger partial charge < -0.3 is 0 Å². The number of hydrogen-bond acceptors (Lipinski definition) is 4. The average molecular weight is 366 g/mol. The maximum atomic E-state index is 12.2. The van der Waals surface area contributed by atoms with Crippen LogP contribution >= 0.6 is 0 Å². The first-order valence-corrected chi connectivity index (χ1v) is 10.1. The number of carbonyl (C=O) groups is 1. The molecule has 6 nitrogen and oxygen atoms in total. The van der Waals surface area contributed by atoms with Gasteiger partial charge in [0.15, 0.2) is 0 Å². The zero-order chi connectivity index (χ0) is 17.7.